The zero-order valence-corrected chi connectivity index (χ0v) is 15.9. The molecule has 0 saturated heterocycles. The standard InChI is InChI=1S/C20H24N2O4/c1-11-18(13(3)23)12(2)21-19(11)20(24)22-7-6-14-8-16(25-4)17(26-5)9-15(14)10-22/h8-9,21H,6-7,10H2,1-5H3. The number of nitrogens with zero attached hydrogens (tertiary/aromatic N) is 1. The molecule has 0 saturated carbocycles. The van der Waals surface area contributed by atoms with Crippen LogP contribution in [0.2, 0.25) is 0 Å². The monoisotopic (exact) mass is 356 g/mol. The van der Waals surface area contributed by atoms with Gasteiger partial charge >= 0.3 is 0 Å². The summed E-state index contributed by atoms with van der Waals surface area (Å²) in [6, 6.07) is 3.91. The van der Waals surface area contributed by atoms with Crippen molar-refractivity contribution in [1.82, 2.24) is 9.88 Å². The van der Waals surface area contributed by atoms with Gasteiger partial charge in [0.1, 0.15) is 5.69 Å². The normalized spacial score (nSPS) is 13.3. The number of aryl methyl sites for hydroxylation is 1. The fourth-order valence-corrected chi connectivity index (χ4v) is 3.71. The number of H-pyrrole nitrogens is 1. The Kier molecular flexibility index (Phi) is 4.76. The van der Waals surface area contributed by atoms with Gasteiger partial charge in [0, 0.05) is 24.3 Å². The summed E-state index contributed by atoms with van der Waals surface area (Å²) in [5, 5.41) is 0. The minimum absolute atomic E-state index is 0.0314. The highest BCUT2D eigenvalue weighted by atomic mass is 16.5. The number of hydrogen-bond donors (Lipinski definition) is 1. The van der Waals surface area contributed by atoms with E-state index in [1.54, 1.807) is 19.1 Å². The summed E-state index contributed by atoms with van der Waals surface area (Å²) in [6.45, 7) is 6.28. The van der Waals surface area contributed by atoms with Crippen LogP contribution < -0.4 is 9.47 Å². The predicted molar refractivity (Wildman–Crippen MR) is 98.3 cm³/mol. The summed E-state index contributed by atoms with van der Waals surface area (Å²) in [5.74, 6) is 1.24. The number of hydrogen-bond acceptors (Lipinski definition) is 4. The summed E-state index contributed by atoms with van der Waals surface area (Å²) >= 11 is 0. The molecule has 138 valence electrons. The molecule has 3 rings (SSSR count). The maximum absolute atomic E-state index is 13.0. The van der Waals surface area contributed by atoms with Crippen molar-refractivity contribution in [2.45, 2.75) is 33.7 Å². The van der Waals surface area contributed by atoms with E-state index < -0.39 is 0 Å². The van der Waals surface area contributed by atoms with E-state index in [1.807, 2.05) is 26.0 Å². The van der Waals surface area contributed by atoms with E-state index in [1.165, 1.54) is 6.92 Å². The summed E-state index contributed by atoms with van der Waals surface area (Å²) in [7, 11) is 3.22. The third-order valence-corrected chi connectivity index (χ3v) is 5.01. The zero-order chi connectivity index (χ0) is 19.0. The van der Waals surface area contributed by atoms with E-state index in [-0.39, 0.29) is 11.7 Å². The first-order valence-electron chi connectivity index (χ1n) is 8.60. The number of benzene rings is 1. The van der Waals surface area contributed by atoms with Gasteiger partial charge in [-0.2, -0.15) is 0 Å². The molecular formula is C20H24N2O4. The van der Waals surface area contributed by atoms with E-state index in [0.717, 1.165) is 28.8 Å². The van der Waals surface area contributed by atoms with Gasteiger partial charge < -0.3 is 19.4 Å². The topological polar surface area (TPSA) is 71.6 Å². The molecule has 1 N–H and O–H groups in total. The van der Waals surface area contributed by atoms with Gasteiger partial charge in [0.2, 0.25) is 0 Å². The third kappa shape index (κ3) is 2.96. The van der Waals surface area contributed by atoms with Crippen molar-refractivity contribution in [1.29, 1.82) is 0 Å². The number of ether oxygens (including phenoxy) is 2. The molecule has 1 aliphatic heterocycles. The molecule has 1 aromatic carbocycles. The average molecular weight is 356 g/mol. The number of carbonyl (C=O) groups excluding carboxylic acids is 2. The summed E-state index contributed by atoms with van der Waals surface area (Å²) in [5.41, 5.74) is 4.78. The van der Waals surface area contributed by atoms with Crippen molar-refractivity contribution in [2.24, 2.45) is 0 Å². The molecule has 1 amide bonds. The molecule has 2 heterocycles. The van der Waals surface area contributed by atoms with Crippen LogP contribution in [0.3, 0.4) is 0 Å². The molecule has 6 heteroatoms. The van der Waals surface area contributed by atoms with Gasteiger partial charge in [-0.1, -0.05) is 0 Å². The number of ketones is 1. The quantitative estimate of drug-likeness (QED) is 0.855. The van der Waals surface area contributed by atoms with E-state index in [0.29, 0.717) is 35.8 Å². The van der Waals surface area contributed by atoms with Crippen LogP contribution in [0.5, 0.6) is 11.5 Å². The lowest BCUT2D eigenvalue weighted by molar-refractivity contribution is 0.0728. The Morgan fingerprint density at radius 2 is 1.69 bits per heavy atom. The lowest BCUT2D eigenvalue weighted by Crippen LogP contribution is -2.36. The third-order valence-electron chi connectivity index (χ3n) is 5.01. The van der Waals surface area contributed by atoms with Crippen LogP contribution in [0, 0.1) is 13.8 Å². The van der Waals surface area contributed by atoms with Crippen molar-refractivity contribution >= 4 is 11.7 Å². The minimum atomic E-state index is -0.0847. The largest absolute Gasteiger partial charge is 0.493 e. The number of aromatic nitrogens is 1. The molecule has 0 spiro atoms. The highest BCUT2D eigenvalue weighted by Crippen LogP contribution is 2.33. The van der Waals surface area contributed by atoms with Gasteiger partial charge in [-0.3, -0.25) is 9.59 Å². The molecule has 0 radical (unpaired) electrons. The van der Waals surface area contributed by atoms with Crippen LogP contribution in [0.4, 0.5) is 0 Å². The highest BCUT2D eigenvalue weighted by Gasteiger charge is 2.27. The fraction of sp³-hybridized carbons (Fsp3) is 0.400. The molecule has 0 aliphatic carbocycles. The first kappa shape index (κ1) is 18.0. The van der Waals surface area contributed by atoms with Crippen molar-refractivity contribution in [3.63, 3.8) is 0 Å². The molecule has 0 atom stereocenters. The summed E-state index contributed by atoms with van der Waals surface area (Å²) in [6.07, 6.45) is 0.750. The molecule has 1 aromatic heterocycles. The average Bonchev–Trinajstić information content (AvgIpc) is 2.93. The second kappa shape index (κ2) is 6.86. The molecular weight excluding hydrogens is 332 g/mol. The van der Waals surface area contributed by atoms with Gasteiger partial charge in [0.25, 0.3) is 5.91 Å². The maximum atomic E-state index is 13.0. The van der Waals surface area contributed by atoms with E-state index in [4.69, 9.17) is 9.47 Å². The van der Waals surface area contributed by atoms with Crippen LogP contribution >= 0.6 is 0 Å². The Balaban J connectivity index is 1.90. The smallest absolute Gasteiger partial charge is 0.270 e. The predicted octanol–water partition coefficient (Wildman–Crippen LogP) is 3.05. The van der Waals surface area contributed by atoms with Crippen LogP contribution in [0.15, 0.2) is 12.1 Å². The molecule has 26 heavy (non-hydrogen) atoms. The van der Waals surface area contributed by atoms with Gasteiger partial charge in [0.05, 0.1) is 14.2 Å². The second-order valence-electron chi connectivity index (χ2n) is 6.63. The molecule has 0 fully saturated rings. The maximum Gasteiger partial charge on any atom is 0.270 e. The molecule has 6 nitrogen and oxygen atoms in total. The number of fused-ring (bicyclic) bond motifs is 1. The number of carbonyl (C=O) groups is 2. The number of Topliss-reactive ketones (excluding diaryl/α,β-unsaturated/α-hetero) is 1. The van der Waals surface area contributed by atoms with Crippen molar-refractivity contribution in [3.8, 4) is 11.5 Å². The fourth-order valence-electron chi connectivity index (χ4n) is 3.71. The molecule has 2 aromatic rings. The number of aromatic amines is 1. The zero-order valence-electron chi connectivity index (χ0n) is 15.9. The van der Waals surface area contributed by atoms with E-state index in [2.05, 4.69) is 4.98 Å². The van der Waals surface area contributed by atoms with Crippen LogP contribution in [-0.4, -0.2) is 42.3 Å². The Morgan fingerprint density at radius 1 is 1.08 bits per heavy atom. The van der Waals surface area contributed by atoms with Crippen LogP contribution in [0.1, 0.15) is 50.2 Å². The summed E-state index contributed by atoms with van der Waals surface area (Å²) < 4.78 is 10.7. The lowest BCUT2D eigenvalue weighted by Gasteiger charge is -2.29. The van der Waals surface area contributed by atoms with E-state index in [9.17, 15) is 9.59 Å². The number of methoxy groups -OCH3 is 2. The van der Waals surface area contributed by atoms with Crippen LogP contribution in [-0.2, 0) is 13.0 Å². The Bertz CT molecular complexity index is 882. The lowest BCUT2D eigenvalue weighted by atomic mass is 9.98. The van der Waals surface area contributed by atoms with Crippen molar-refractivity contribution < 1.29 is 19.1 Å². The van der Waals surface area contributed by atoms with Crippen molar-refractivity contribution in [2.75, 3.05) is 20.8 Å². The highest BCUT2D eigenvalue weighted by molar-refractivity contribution is 6.02. The Labute approximate surface area is 153 Å². The molecule has 0 unspecified atom stereocenters. The first-order chi connectivity index (χ1) is 12.4. The van der Waals surface area contributed by atoms with Gasteiger partial charge in [-0.05, 0) is 56.0 Å². The van der Waals surface area contributed by atoms with Crippen LogP contribution in [0.25, 0.3) is 0 Å². The second-order valence-corrected chi connectivity index (χ2v) is 6.63. The summed E-state index contributed by atoms with van der Waals surface area (Å²) in [4.78, 5) is 29.7. The number of nitrogens with one attached hydrogen (secondary N) is 1. The molecule has 1 aliphatic rings. The van der Waals surface area contributed by atoms with Gasteiger partial charge in [-0.25, -0.2) is 0 Å². The molecule has 0 bridgehead atoms. The van der Waals surface area contributed by atoms with Gasteiger partial charge in [-0.15, -0.1) is 0 Å². The number of amides is 1. The van der Waals surface area contributed by atoms with Gasteiger partial charge in [0.15, 0.2) is 17.3 Å². The van der Waals surface area contributed by atoms with E-state index >= 15 is 0 Å². The SMILES string of the molecule is COc1cc2c(cc1OC)CN(C(=O)c1[nH]c(C)c(C(C)=O)c1C)CC2. The van der Waals surface area contributed by atoms with Crippen molar-refractivity contribution in [3.05, 3.63) is 45.8 Å². The first-order valence-corrected chi connectivity index (χ1v) is 8.60. The number of rotatable bonds is 4. The Hall–Kier alpha value is -2.76. The Morgan fingerprint density at radius 3 is 2.23 bits per heavy atom. The minimum Gasteiger partial charge on any atom is -0.493 e.